The van der Waals surface area contributed by atoms with Gasteiger partial charge < -0.3 is 67.8 Å². The number of benzene rings is 4. The van der Waals surface area contributed by atoms with Gasteiger partial charge in [0.1, 0.15) is 46.0 Å². The van der Waals surface area contributed by atoms with E-state index < -0.39 is 0 Å². The van der Waals surface area contributed by atoms with Crippen LogP contribution in [-0.4, -0.2) is 82.8 Å². The molecule has 0 spiro atoms. The van der Waals surface area contributed by atoms with Gasteiger partial charge in [-0.25, -0.2) is 9.97 Å². The van der Waals surface area contributed by atoms with Crippen molar-refractivity contribution in [1.29, 1.82) is 0 Å². The number of aromatic nitrogens is 8. The number of nitrogens with zero attached hydrogens (tertiary/aromatic N) is 8. The maximum Gasteiger partial charge on any atom is 2.00 e. The number of ether oxygens (including phenoxy) is 8. The van der Waals surface area contributed by atoms with Gasteiger partial charge in [0, 0.05) is 128 Å². The van der Waals surface area contributed by atoms with Gasteiger partial charge >= 0.3 is 19.5 Å². The second-order valence-electron chi connectivity index (χ2n) is 29.6. The van der Waals surface area contributed by atoms with Crippen LogP contribution in [0.5, 0.6) is 46.0 Å². The molecule has 121 heavy (non-hydrogen) atoms. The first kappa shape index (κ1) is 85.4. The van der Waals surface area contributed by atoms with Crippen molar-refractivity contribution in [3.63, 3.8) is 0 Å². The summed E-state index contributed by atoms with van der Waals surface area (Å²) in [6.45, 7) is 20.5. The monoisotopic (exact) mass is 1810 g/mol. The minimum Gasteiger partial charge on any atom is -0.492 e. The Bertz CT molecular complexity index is 5440. The van der Waals surface area contributed by atoms with Crippen molar-refractivity contribution in [3.8, 4) is 175 Å². The zero-order valence-electron chi connectivity index (χ0n) is 69.6. The van der Waals surface area contributed by atoms with E-state index in [1.807, 2.05) is 0 Å². The quantitative estimate of drug-likeness (QED) is 0.0261. The molecule has 0 amide bonds. The first-order valence-corrected chi connectivity index (χ1v) is 49.4. The number of hydrogen-bond acceptors (Lipinski definition) is 22. The van der Waals surface area contributed by atoms with Gasteiger partial charge in [0.25, 0.3) is 0 Å². The molecule has 16 nitrogen and oxygen atoms in total. The molecule has 0 unspecified atom stereocenters. The second kappa shape index (κ2) is 40.0. The summed E-state index contributed by atoms with van der Waals surface area (Å²) in [5.41, 5.74) is 10.3. The molecule has 2 aliphatic heterocycles. The van der Waals surface area contributed by atoms with Crippen molar-refractivity contribution in [2.75, 3.05) is 52.9 Å². The standard InChI is InChI=1S/C96H96N8O8S8.Zn/c1-9-17-41-105-81-65(57-33-25-49-113-57)66(58-34-26-50-114-58)82(106-42-18-10-2)74-73(81)89-97-90(74)102-92-77-78(86(110-46-22-14-6)70(62-38-30-54-118-62)69(61-37-29-53-117-61)85(77)109-45-21-13-5)94(99-92)104-96-80-79(87(111-47-23-15-7)71(63-39-31-55-119-63)72(64-40-32-56-120-64)88(80)112-48-24-16-8)95(100-96)103-93-76-75(91(98-93)101-89)83(107-43-19-11-3)67(59-35-27-51-115-59)68(60-36-28-52-116-60)84(76)108-44-20-12-4;/h25-40,49-56H,9-24,41-48H2,1-8H3;/q-2;+2. The summed E-state index contributed by atoms with van der Waals surface area (Å²) in [6, 6.07) is 34.2. The Morgan fingerprint density at radius 3 is 0.521 bits per heavy atom. The van der Waals surface area contributed by atoms with Crippen molar-refractivity contribution in [1.82, 2.24) is 39.9 Å². The molecule has 25 heteroatoms. The first-order valence-electron chi connectivity index (χ1n) is 42.3. The zero-order valence-corrected chi connectivity index (χ0v) is 79.1. The van der Waals surface area contributed by atoms with Gasteiger partial charge in [-0.3, -0.25) is 0 Å². The number of hydrogen-bond donors (Lipinski definition) is 0. The van der Waals surface area contributed by atoms with E-state index in [2.05, 4.69) is 195 Å². The largest absolute Gasteiger partial charge is 2.00 e. The van der Waals surface area contributed by atoms with E-state index >= 15 is 0 Å². The Labute approximate surface area is 751 Å². The number of fused-ring (bicyclic) bond motifs is 20. The van der Waals surface area contributed by atoms with Crippen molar-refractivity contribution in [2.24, 2.45) is 0 Å². The van der Waals surface area contributed by atoms with E-state index in [0.717, 1.165) is 186 Å². The van der Waals surface area contributed by atoms with Crippen LogP contribution in [0.1, 0.15) is 158 Å². The van der Waals surface area contributed by atoms with Crippen LogP contribution in [0.2, 0.25) is 0 Å². The van der Waals surface area contributed by atoms with Gasteiger partial charge in [0.15, 0.2) is 0 Å². The third-order valence-electron chi connectivity index (χ3n) is 21.2. The molecule has 0 atom stereocenters. The number of rotatable bonds is 40. The summed E-state index contributed by atoms with van der Waals surface area (Å²) in [4.78, 5) is 56.2. The van der Waals surface area contributed by atoms with E-state index in [1.54, 1.807) is 90.7 Å². The smallest absolute Gasteiger partial charge is 0.492 e. The summed E-state index contributed by atoms with van der Waals surface area (Å²) in [5, 5.41) is 19.3. The van der Waals surface area contributed by atoms with E-state index in [-0.39, 0.29) is 65.4 Å². The maximum absolute atomic E-state index is 7.59. The maximum atomic E-state index is 7.59. The fourth-order valence-corrected chi connectivity index (χ4v) is 21.6. The Balaban J connectivity index is 0.0000109. The van der Waals surface area contributed by atoms with Crippen LogP contribution in [0.4, 0.5) is 0 Å². The molecular weight excluding hydrogens is 1720 g/mol. The Hall–Kier alpha value is -9.14. The van der Waals surface area contributed by atoms with Crippen LogP contribution in [-0.2, 0) is 19.5 Å². The van der Waals surface area contributed by atoms with Crippen LogP contribution in [0, 0.1) is 0 Å². The molecule has 0 saturated carbocycles. The van der Waals surface area contributed by atoms with Crippen molar-refractivity contribution in [3.05, 3.63) is 140 Å². The molecule has 17 rings (SSSR count). The van der Waals surface area contributed by atoms with Gasteiger partial charge in [-0.2, -0.15) is 0 Å². The second-order valence-corrected chi connectivity index (χ2v) is 37.1. The molecule has 0 radical (unpaired) electrons. The van der Waals surface area contributed by atoms with Gasteiger partial charge in [0.2, 0.25) is 0 Å². The van der Waals surface area contributed by atoms with Crippen LogP contribution in [0.3, 0.4) is 0 Å². The summed E-state index contributed by atoms with van der Waals surface area (Å²) in [6.07, 6.45) is 13.1. The summed E-state index contributed by atoms with van der Waals surface area (Å²) in [7, 11) is 0. The molecule has 0 saturated heterocycles. The zero-order chi connectivity index (χ0) is 82.0. The van der Waals surface area contributed by atoms with Crippen molar-refractivity contribution < 1.29 is 57.4 Å². The van der Waals surface area contributed by atoms with E-state index in [0.29, 0.717) is 143 Å². The molecule has 11 aromatic heterocycles. The molecule has 0 fully saturated rings. The van der Waals surface area contributed by atoms with Gasteiger partial charge in [-0.15, -0.1) is 90.7 Å². The first-order chi connectivity index (χ1) is 59.3. The fourth-order valence-electron chi connectivity index (χ4n) is 15.4. The van der Waals surface area contributed by atoms with Crippen LogP contribution in [0.15, 0.2) is 140 Å². The Kier molecular flexibility index (Phi) is 28.3. The average Bonchev–Trinajstić information content (AvgIpc) is 1.58. The molecule has 0 aliphatic carbocycles. The molecule has 4 aromatic carbocycles. The molecule has 13 heterocycles. The predicted octanol–water partition coefficient (Wildman–Crippen LogP) is 29.4. The van der Waals surface area contributed by atoms with Crippen LogP contribution in [0.25, 0.3) is 173 Å². The molecule has 618 valence electrons. The topological polar surface area (TPSA) is 179 Å². The summed E-state index contributed by atoms with van der Waals surface area (Å²) >= 11 is 13.2. The SMILES string of the molecule is CCCCOc1c2c(c(OCCCC)c(-c3cccs3)c1-c1cccs1)-c1nc-2nc2[n-]c(nc3nc(nc4[n-]c(n1)c1c(OCCCC)c(-c5cccs5)c(-c5cccs5)c(OCCCC)c41)-c1c(OCCCC)c(-c4cccs4)c(-c4cccs4)c(OCCCC)c1-3)c1c(OCCCC)c(-c3cccs3)c(-c3cccs3)c(OCCCC)c21.[Zn+2]. The Morgan fingerprint density at radius 2 is 0.372 bits per heavy atom. The van der Waals surface area contributed by atoms with Gasteiger partial charge in [0.05, 0.1) is 98.4 Å². The fraction of sp³-hybridized carbons (Fsp3) is 0.333. The van der Waals surface area contributed by atoms with Gasteiger partial charge in [-0.1, -0.05) is 155 Å². The molecule has 2 aliphatic rings. The van der Waals surface area contributed by atoms with Crippen molar-refractivity contribution in [2.45, 2.75) is 158 Å². The molecule has 15 aromatic rings. The normalized spacial score (nSPS) is 11.7. The number of unbranched alkanes of at least 4 members (excludes halogenated alkanes) is 8. The van der Waals surface area contributed by atoms with Crippen LogP contribution >= 0.6 is 90.7 Å². The van der Waals surface area contributed by atoms with E-state index in [4.69, 9.17) is 77.8 Å². The number of thiophene rings is 8. The minimum atomic E-state index is 0. The molecule has 0 N–H and O–H groups in total. The predicted molar refractivity (Wildman–Crippen MR) is 504 cm³/mol. The Morgan fingerprint density at radius 1 is 0.215 bits per heavy atom. The van der Waals surface area contributed by atoms with Crippen LogP contribution < -0.4 is 47.9 Å². The average molecular weight is 1810 g/mol. The third-order valence-corrected chi connectivity index (χ3v) is 28.3. The third kappa shape index (κ3) is 16.9. The minimum absolute atomic E-state index is 0. The summed E-state index contributed by atoms with van der Waals surface area (Å²) in [5.74, 6) is 5.81. The van der Waals surface area contributed by atoms with E-state index in [9.17, 15) is 0 Å². The summed E-state index contributed by atoms with van der Waals surface area (Å²) < 4.78 is 60.7. The molecular formula is C96H96N8O8S8Zn. The molecule has 8 bridgehead atoms. The van der Waals surface area contributed by atoms with Gasteiger partial charge in [-0.05, 0) is 143 Å². The van der Waals surface area contributed by atoms with Crippen molar-refractivity contribution >= 4 is 135 Å². The van der Waals surface area contributed by atoms with E-state index in [1.165, 1.54) is 0 Å².